The van der Waals surface area contributed by atoms with E-state index in [0.717, 1.165) is 0 Å². The number of cyclic esters (lactones) is 1. The third-order valence-electron chi connectivity index (χ3n) is 2.11. The fraction of sp³-hybridized carbons (Fsp3) is 0.364. The summed E-state index contributed by atoms with van der Waals surface area (Å²) in [5.41, 5.74) is 5.36. The van der Waals surface area contributed by atoms with Crippen molar-refractivity contribution in [3.63, 3.8) is 0 Å². The summed E-state index contributed by atoms with van der Waals surface area (Å²) in [7, 11) is 0. The van der Waals surface area contributed by atoms with Crippen molar-refractivity contribution in [3.05, 3.63) is 36.7 Å². The Morgan fingerprint density at radius 3 is 3.06 bits per heavy atom. The first-order valence-corrected chi connectivity index (χ1v) is 4.97. The van der Waals surface area contributed by atoms with Gasteiger partial charge in [-0.05, 0) is 12.2 Å². The van der Waals surface area contributed by atoms with Crippen LogP contribution in [-0.4, -0.2) is 36.7 Å². The summed E-state index contributed by atoms with van der Waals surface area (Å²) < 4.78 is 18.0. The predicted octanol–water partition coefficient (Wildman–Crippen LogP) is 1.36. The van der Waals surface area contributed by atoms with Crippen LogP contribution < -0.4 is 5.73 Å². The third-order valence-corrected chi connectivity index (χ3v) is 2.11. The van der Waals surface area contributed by atoms with Crippen LogP contribution in [0.15, 0.2) is 36.7 Å². The number of halogens is 1. The van der Waals surface area contributed by atoms with Gasteiger partial charge >= 0.3 is 6.09 Å². The van der Waals surface area contributed by atoms with Crippen LogP contribution in [0.3, 0.4) is 0 Å². The lowest BCUT2D eigenvalue weighted by Crippen LogP contribution is -2.27. The Hall–Kier alpha value is -1.62. The highest BCUT2D eigenvalue weighted by Gasteiger charge is 2.29. The van der Waals surface area contributed by atoms with Crippen molar-refractivity contribution in [1.82, 2.24) is 4.90 Å². The molecule has 1 rings (SSSR count). The summed E-state index contributed by atoms with van der Waals surface area (Å²) in [5, 5.41) is 0. The summed E-state index contributed by atoms with van der Waals surface area (Å²) in [5.74, 6) is -0.413. The first-order valence-electron chi connectivity index (χ1n) is 4.97. The van der Waals surface area contributed by atoms with E-state index in [1.165, 1.54) is 29.2 Å². The van der Waals surface area contributed by atoms with E-state index in [2.05, 4.69) is 6.58 Å². The Bertz CT molecular complexity index is 326. The van der Waals surface area contributed by atoms with E-state index in [1.807, 2.05) is 0 Å². The number of nitrogens with two attached hydrogens (primary N) is 1. The zero-order chi connectivity index (χ0) is 12.0. The molecule has 1 saturated heterocycles. The fourth-order valence-electron chi connectivity index (χ4n) is 1.27. The molecule has 0 spiro atoms. The van der Waals surface area contributed by atoms with Gasteiger partial charge in [-0.25, -0.2) is 9.18 Å². The Labute approximate surface area is 93.9 Å². The van der Waals surface area contributed by atoms with Crippen LogP contribution in [-0.2, 0) is 4.74 Å². The van der Waals surface area contributed by atoms with Gasteiger partial charge in [-0.15, -0.1) is 0 Å². The maximum atomic E-state index is 13.1. The smallest absolute Gasteiger partial charge is 0.410 e. The molecule has 0 aromatic carbocycles. The number of carbonyl (C=O) groups is 1. The van der Waals surface area contributed by atoms with Crippen molar-refractivity contribution in [2.45, 2.75) is 6.10 Å². The summed E-state index contributed by atoms with van der Waals surface area (Å²) in [6, 6.07) is 0. The molecule has 2 N–H and O–H groups in total. The third kappa shape index (κ3) is 3.51. The molecule has 88 valence electrons. The lowest BCUT2D eigenvalue weighted by molar-refractivity contribution is 0.136. The average molecular weight is 226 g/mol. The van der Waals surface area contributed by atoms with Gasteiger partial charge in [0.15, 0.2) is 0 Å². The molecule has 1 aliphatic heterocycles. The normalized spacial score (nSPS) is 21.6. The summed E-state index contributed by atoms with van der Waals surface area (Å²) in [6.07, 6.45) is 4.80. The number of rotatable bonds is 5. The van der Waals surface area contributed by atoms with Gasteiger partial charge < -0.3 is 15.4 Å². The molecule has 1 amide bonds. The molecule has 16 heavy (non-hydrogen) atoms. The Kier molecular flexibility index (Phi) is 4.72. The van der Waals surface area contributed by atoms with Crippen LogP contribution in [0.4, 0.5) is 9.18 Å². The van der Waals surface area contributed by atoms with Crippen molar-refractivity contribution < 1.29 is 13.9 Å². The Morgan fingerprint density at radius 2 is 2.50 bits per heavy atom. The van der Waals surface area contributed by atoms with E-state index in [-0.39, 0.29) is 19.2 Å². The van der Waals surface area contributed by atoms with Crippen LogP contribution in [0.1, 0.15) is 0 Å². The van der Waals surface area contributed by atoms with Gasteiger partial charge in [-0.3, -0.25) is 0 Å². The molecular weight excluding hydrogens is 211 g/mol. The standard InChI is InChI=1S/C11H15FN2O2/c1-2-3-4-9(12)5-6-14-8-10(7-13)16-11(14)15/h2-5,10H,1,6-8,13H2/b4-3-,9-5+/t10-/m0/s1. The highest BCUT2D eigenvalue weighted by Crippen LogP contribution is 2.10. The molecule has 0 bridgehead atoms. The second-order valence-corrected chi connectivity index (χ2v) is 3.33. The highest BCUT2D eigenvalue weighted by atomic mass is 19.1. The second-order valence-electron chi connectivity index (χ2n) is 3.33. The van der Waals surface area contributed by atoms with Gasteiger partial charge in [-0.1, -0.05) is 18.7 Å². The zero-order valence-corrected chi connectivity index (χ0v) is 8.93. The second kappa shape index (κ2) is 6.07. The molecule has 5 heteroatoms. The fourth-order valence-corrected chi connectivity index (χ4v) is 1.27. The van der Waals surface area contributed by atoms with E-state index < -0.39 is 11.9 Å². The van der Waals surface area contributed by atoms with Gasteiger partial charge in [0.05, 0.1) is 6.54 Å². The zero-order valence-electron chi connectivity index (χ0n) is 8.93. The van der Waals surface area contributed by atoms with Crippen LogP contribution in [0, 0.1) is 0 Å². The van der Waals surface area contributed by atoms with Crippen molar-refractivity contribution in [3.8, 4) is 0 Å². The monoisotopic (exact) mass is 226 g/mol. The Morgan fingerprint density at radius 1 is 1.75 bits per heavy atom. The minimum atomic E-state index is -0.452. The molecule has 1 aliphatic rings. The van der Waals surface area contributed by atoms with E-state index in [1.54, 1.807) is 0 Å². The first-order chi connectivity index (χ1) is 7.67. The van der Waals surface area contributed by atoms with Crippen LogP contribution in [0.5, 0.6) is 0 Å². The van der Waals surface area contributed by atoms with E-state index >= 15 is 0 Å². The van der Waals surface area contributed by atoms with Gasteiger partial charge in [0.25, 0.3) is 0 Å². The molecule has 0 aliphatic carbocycles. The quantitative estimate of drug-likeness (QED) is 0.720. The summed E-state index contributed by atoms with van der Waals surface area (Å²) >= 11 is 0. The topological polar surface area (TPSA) is 55.6 Å². The molecular formula is C11H15FN2O2. The maximum absolute atomic E-state index is 13.1. The maximum Gasteiger partial charge on any atom is 0.410 e. The van der Waals surface area contributed by atoms with Crippen LogP contribution >= 0.6 is 0 Å². The van der Waals surface area contributed by atoms with Crippen molar-refractivity contribution in [2.24, 2.45) is 5.73 Å². The number of nitrogens with zero attached hydrogens (tertiary/aromatic N) is 1. The average Bonchev–Trinajstić information content (AvgIpc) is 2.64. The summed E-state index contributed by atoms with van der Waals surface area (Å²) in [4.78, 5) is 12.6. The SMILES string of the molecule is C=C/C=C\C(F)=C/CN1C[C@H](CN)OC1=O. The van der Waals surface area contributed by atoms with Crippen LogP contribution in [0.2, 0.25) is 0 Å². The largest absolute Gasteiger partial charge is 0.443 e. The molecule has 4 nitrogen and oxygen atoms in total. The first kappa shape index (κ1) is 12.4. The van der Waals surface area contributed by atoms with Gasteiger partial charge in [0.1, 0.15) is 11.9 Å². The van der Waals surface area contributed by atoms with E-state index in [0.29, 0.717) is 6.54 Å². The van der Waals surface area contributed by atoms with Gasteiger partial charge in [-0.2, -0.15) is 0 Å². The van der Waals surface area contributed by atoms with Crippen molar-refractivity contribution in [2.75, 3.05) is 19.6 Å². The Balaban J connectivity index is 2.46. The minimum absolute atomic E-state index is 0.183. The van der Waals surface area contributed by atoms with Crippen molar-refractivity contribution in [1.29, 1.82) is 0 Å². The van der Waals surface area contributed by atoms with E-state index in [9.17, 15) is 9.18 Å². The molecule has 0 aromatic heterocycles. The molecule has 0 aromatic rings. The lowest BCUT2D eigenvalue weighted by Gasteiger charge is -2.08. The van der Waals surface area contributed by atoms with Gasteiger partial charge in [0, 0.05) is 13.1 Å². The van der Waals surface area contributed by atoms with Crippen molar-refractivity contribution >= 4 is 6.09 Å². The number of allylic oxidation sites excluding steroid dienone is 4. The number of ether oxygens (including phenoxy) is 1. The minimum Gasteiger partial charge on any atom is -0.443 e. The highest BCUT2D eigenvalue weighted by molar-refractivity contribution is 5.70. The molecule has 1 fully saturated rings. The number of hydrogen-bond acceptors (Lipinski definition) is 3. The lowest BCUT2D eigenvalue weighted by atomic mass is 10.3. The molecule has 0 unspecified atom stereocenters. The number of hydrogen-bond donors (Lipinski definition) is 1. The van der Waals surface area contributed by atoms with E-state index in [4.69, 9.17) is 10.5 Å². The molecule has 0 radical (unpaired) electrons. The number of carbonyl (C=O) groups excluding carboxylic acids is 1. The molecule has 1 heterocycles. The van der Waals surface area contributed by atoms with Gasteiger partial charge in [0.2, 0.25) is 0 Å². The molecule has 1 atom stereocenters. The summed E-state index contributed by atoms with van der Waals surface area (Å²) in [6.45, 7) is 4.30. The number of amides is 1. The molecule has 0 saturated carbocycles. The predicted molar refractivity (Wildman–Crippen MR) is 59.4 cm³/mol. The van der Waals surface area contributed by atoms with Crippen LogP contribution in [0.25, 0.3) is 0 Å².